The first kappa shape index (κ1) is 24.0. The lowest BCUT2D eigenvalue weighted by Crippen LogP contribution is -2.50. The molecule has 3 rings (SSSR count). The Labute approximate surface area is 194 Å². The zero-order valence-corrected chi connectivity index (χ0v) is 20.1. The van der Waals surface area contributed by atoms with Crippen LogP contribution in [-0.2, 0) is 16.6 Å². The second-order valence-corrected chi connectivity index (χ2v) is 10.1. The summed E-state index contributed by atoms with van der Waals surface area (Å²) in [5.41, 5.74) is 1.77. The second-order valence-electron chi connectivity index (χ2n) is 7.41. The van der Waals surface area contributed by atoms with E-state index < -0.39 is 10.0 Å². The van der Waals surface area contributed by atoms with Gasteiger partial charge in [0.05, 0.1) is 10.0 Å². The normalized spacial score (nSPS) is 15.5. The summed E-state index contributed by atoms with van der Waals surface area (Å²) in [6.45, 7) is 8.10. The Kier molecular flexibility index (Phi) is 7.99. The zero-order chi connectivity index (χ0) is 22.6. The van der Waals surface area contributed by atoms with E-state index in [1.165, 1.54) is 10.4 Å². The highest BCUT2D eigenvalue weighted by atomic mass is 35.5. The lowest BCUT2D eigenvalue weighted by molar-refractivity contribution is 0.0698. The maximum absolute atomic E-state index is 13.0. The van der Waals surface area contributed by atoms with Crippen molar-refractivity contribution in [2.75, 3.05) is 39.3 Å². The van der Waals surface area contributed by atoms with Crippen LogP contribution in [0, 0.1) is 0 Å². The highest BCUT2D eigenvalue weighted by Gasteiger charge is 2.32. The average Bonchev–Trinajstić information content (AvgIpc) is 2.79. The minimum atomic E-state index is -3.78. The van der Waals surface area contributed by atoms with Crippen molar-refractivity contribution in [2.24, 2.45) is 0 Å². The van der Waals surface area contributed by atoms with Crippen LogP contribution in [0.5, 0.6) is 0 Å². The molecule has 2 aromatic rings. The van der Waals surface area contributed by atoms with E-state index in [0.717, 1.165) is 25.2 Å². The molecule has 2 aromatic carbocycles. The van der Waals surface area contributed by atoms with Crippen LogP contribution in [0.15, 0.2) is 47.4 Å². The number of hydrogen-bond donors (Lipinski definition) is 0. The van der Waals surface area contributed by atoms with Gasteiger partial charge in [-0.2, -0.15) is 4.31 Å². The Morgan fingerprint density at radius 1 is 0.968 bits per heavy atom. The van der Waals surface area contributed by atoms with Gasteiger partial charge in [0, 0.05) is 38.3 Å². The average molecular weight is 484 g/mol. The summed E-state index contributed by atoms with van der Waals surface area (Å²) in [6.07, 6.45) is 0. The van der Waals surface area contributed by atoms with Gasteiger partial charge in [0.2, 0.25) is 10.0 Å². The van der Waals surface area contributed by atoms with Gasteiger partial charge >= 0.3 is 0 Å². The van der Waals surface area contributed by atoms with Crippen LogP contribution in [0.1, 0.15) is 29.8 Å². The molecule has 0 radical (unpaired) electrons. The molecule has 0 bridgehead atoms. The summed E-state index contributed by atoms with van der Waals surface area (Å²) in [5.74, 6) is -0.0905. The maximum Gasteiger partial charge on any atom is 0.253 e. The number of halogens is 2. The Balaban J connectivity index is 1.64. The zero-order valence-electron chi connectivity index (χ0n) is 17.7. The van der Waals surface area contributed by atoms with Gasteiger partial charge in [-0.25, -0.2) is 8.42 Å². The topological polar surface area (TPSA) is 60.9 Å². The third-order valence-corrected chi connectivity index (χ3v) is 8.43. The van der Waals surface area contributed by atoms with Crippen molar-refractivity contribution in [3.8, 4) is 0 Å². The number of hydrogen-bond acceptors (Lipinski definition) is 4. The van der Waals surface area contributed by atoms with Crippen molar-refractivity contribution in [1.29, 1.82) is 0 Å². The first-order valence-electron chi connectivity index (χ1n) is 10.3. The highest BCUT2D eigenvalue weighted by molar-refractivity contribution is 7.89. The fraction of sp³-hybridized carbons (Fsp3) is 0.409. The molecule has 0 spiro atoms. The van der Waals surface area contributed by atoms with E-state index in [9.17, 15) is 13.2 Å². The van der Waals surface area contributed by atoms with E-state index in [0.29, 0.717) is 18.7 Å². The van der Waals surface area contributed by atoms with Gasteiger partial charge in [-0.3, -0.25) is 9.69 Å². The summed E-state index contributed by atoms with van der Waals surface area (Å²) in [4.78, 5) is 16.9. The van der Waals surface area contributed by atoms with Crippen LogP contribution >= 0.6 is 23.2 Å². The standard InChI is InChI=1S/C22H27Cl2N3O3S/c1-3-25(4-2)16-17-8-10-18(11-9-17)22(28)26-12-14-27(15-13-26)31(29,30)20-7-5-6-19(23)21(20)24/h5-11H,3-4,12-16H2,1-2H3. The van der Waals surface area contributed by atoms with Crippen LogP contribution in [0.3, 0.4) is 0 Å². The molecular weight excluding hydrogens is 457 g/mol. The molecule has 0 N–H and O–H groups in total. The van der Waals surface area contributed by atoms with Gasteiger partial charge in [0.25, 0.3) is 5.91 Å². The van der Waals surface area contributed by atoms with Crippen LogP contribution < -0.4 is 0 Å². The number of benzene rings is 2. The number of sulfonamides is 1. The molecule has 1 aliphatic heterocycles. The summed E-state index contributed by atoms with van der Waals surface area (Å²) < 4.78 is 27.3. The fourth-order valence-corrected chi connectivity index (χ4v) is 5.75. The van der Waals surface area contributed by atoms with Gasteiger partial charge in [-0.15, -0.1) is 0 Å². The third kappa shape index (κ3) is 5.41. The minimum Gasteiger partial charge on any atom is -0.336 e. The van der Waals surface area contributed by atoms with Crippen molar-refractivity contribution in [3.63, 3.8) is 0 Å². The fourth-order valence-electron chi connectivity index (χ4n) is 3.59. The molecule has 1 aliphatic rings. The lowest BCUT2D eigenvalue weighted by Gasteiger charge is -2.34. The Morgan fingerprint density at radius 2 is 1.58 bits per heavy atom. The van der Waals surface area contributed by atoms with E-state index in [2.05, 4.69) is 18.7 Å². The van der Waals surface area contributed by atoms with Crippen LogP contribution in [-0.4, -0.2) is 67.7 Å². The van der Waals surface area contributed by atoms with E-state index in [1.54, 1.807) is 17.0 Å². The Morgan fingerprint density at radius 3 is 2.16 bits per heavy atom. The summed E-state index contributed by atoms with van der Waals surface area (Å²) >= 11 is 12.1. The smallest absolute Gasteiger partial charge is 0.253 e. The Hall–Kier alpha value is -1.64. The van der Waals surface area contributed by atoms with E-state index in [-0.39, 0.29) is 33.9 Å². The van der Waals surface area contributed by atoms with Gasteiger partial charge < -0.3 is 4.90 Å². The minimum absolute atomic E-state index is 0.00904. The molecule has 0 aliphatic carbocycles. The molecule has 0 aromatic heterocycles. The van der Waals surface area contributed by atoms with Crippen molar-refractivity contribution in [3.05, 3.63) is 63.6 Å². The monoisotopic (exact) mass is 483 g/mol. The number of amides is 1. The SMILES string of the molecule is CCN(CC)Cc1ccc(C(=O)N2CCN(S(=O)(=O)c3cccc(Cl)c3Cl)CC2)cc1. The molecule has 1 saturated heterocycles. The number of nitrogens with zero attached hydrogens (tertiary/aromatic N) is 3. The largest absolute Gasteiger partial charge is 0.336 e. The summed E-state index contributed by atoms with van der Waals surface area (Å²) in [5, 5.41) is 0.216. The lowest BCUT2D eigenvalue weighted by atomic mass is 10.1. The van der Waals surface area contributed by atoms with Gasteiger partial charge in [-0.1, -0.05) is 55.2 Å². The van der Waals surface area contributed by atoms with Crippen molar-refractivity contribution >= 4 is 39.1 Å². The molecule has 0 saturated carbocycles. The molecule has 1 heterocycles. The Bertz CT molecular complexity index is 1020. The molecule has 1 fully saturated rings. The first-order chi connectivity index (χ1) is 14.8. The predicted molar refractivity (Wildman–Crippen MR) is 124 cm³/mol. The number of carbonyl (C=O) groups excluding carboxylic acids is 1. The molecule has 6 nitrogen and oxygen atoms in total. The van der Waals surface area contributed by atoms with Crippen molar-refractivity contribution < 1.29 is 13.2 Å². The molecule has 1 amide bonds. The molecule has 9 heteroatoms. The predicted octanol–water partition coefficient (Wildman–Crippen LogP) is 3.98. The van der Waals surface area contributed by atoms with Crippen LogP contribution in [0.25, 0.3) is 0 Å². The molecular formula is C22H27Cl2N3O3S. The molecule has 168 valence electrons. The van der Waals surface area contributed by atoms with E-state index in [4.69, 9.17) is 23.2 Å². The molecule has 0 atom stereocenters. The summed E-state index contributed by atoms with van der Waals surface area (Å²) in [7, 11) is -3.78. The van der Waals surface area contributed by atoms with Gasteiger partial charge in [0.15, 0.2) is 0 Å². The van der Waals surface area contributed by atoms with Crippen molar-refractivity contribution in [1.82, 2.24) is 14.1 Å². The molecule has 31 heavy (non-hydrogen) atoms. The molecule has 0 unspecified atom stereocenters. The third-order valence-electron chi connectivity index (χ3n) is 5.56. The van der Waals surface area contributed by atoms with E-state index >= 15 is 0 Å². The second kappa shape index (κ2) is 10.3. The quantitative estimate of drug-likeness (QED) is 0.597. The van der Waals surface area contributed by atoms with Crippen LogP contribution in [0.2, 0.25) is 10.0 Å². The first-order valence-corrected chi connectivity index (χ1v) is 12.5. The van der Waals surface area contributed by atoms with Crippen LogP contribution in [0.4, 0.5) is 0 Å². The van der Waals surface area contributed by atoms with Gasteiger partial charge in [-0.05, 0) is 42.9 Å². The highest BCUT2D eigenvalue weighted by Crippen LogP contribution is 2.31. The number of carbonyl (C=O) groups is 1. The number of rotatable bonds is 7. The number of piperazine rings is 1. The van der Waals surface area contributed by atoms with Gasteiger partial charge in [0.1, 0.15) is 4.90 Å². The van der Waals surface area contributed by atoms with Crippen molar-refractivity contribution in [2.45, 2.75) is 25.3 Å². The maximum atomic E-state index is 13.0. The van der Waals surface area contributed by atoms with E-state index in [1.807, 2.05) is 24.3 Å². The summed E-state index contributed by atoms with van der Waals surface area (Å²) in [6, 6.07) is 12.2.